The van der Waals surface area contributed by atoms with Crippen molar-refractivity contribution in [2.75, 3.05) is 11.1 Å². The Morgan fingerprint density at radius 2 is 2.26 bits per heavy atom. The lowest BCUT2D eigenvalue weighted by molar-refractivity contribution is -0.384. The zero-order chi connectivity index (χ0) is 13.8. The van der Waals surface area contributed by atoms with Gasteiger partial charge in [0.1, 0.15) is 0 Å². The van der Waals surface area contributed by atoms with E-state index in [9.17, 15) is 10.1 Å². The van der Waals surface area contributed by atoms with Gasteiger partial charge in [0.05, 0.1) is 16.3 Å². The summed E-state index contributed by atoms with van der Waals surface area (Å²) >= 11 is 1.71. The summed E-state index contributed by atoms with van der Waals surface area (Å²) < 4.78 is 0. The van der Waals surface area contributed by atoms with Crippen LogP contribution in [-0.4, -0.2) is 11.0 Å². The molecule has 1 heterocycles. The van der Waals surface area contributed by atoms with Crippen LogP contribution in [0.15, 0.2) is 35.7 Å². The summed E-state index contributed by atoms with van der Waals surface area (Å²) in [5.41, 5.74) is 6.95. The zero-order valence-electron chi connectivity index (χ0n) is 10.5. The molecule has 0 bridgehead atoms. The Kier molecular flexibility index (Phi) is 4.01. The molecule has 0 saturated heterocycles. The van der Waals surface area contributed by atoms with E-state index in [1.807, 2.05) is 11.4 Å². The standard InChI is InChI=1S/C13H15N3O2S/c1-9(7-11-3-2-6-19-11)15-13-5-4-10(16(17)18)8-12(13)14/h2-6,8-9,15H,7,14H2,1H3. The van der Waals surface area contributed by atoms with E-state index in [-0.39, 0.29) is 11.7 Å². The molecule has 0 amide bonds. The highest BCUT2D eigenvalue weighted by Crippen LogP contribution is 2.25. The van der Waals surface area contributed by atoms with Crippen molar-refractivity contribution in [3.8, 4) is 0 Å². The first kappa shape index (κ1) is 13.4. The molecule has 5 nitrogen and oxygen atoms in total. The molecule has 2 aromatic rings. The van der Waals surface area contributed by atoms with Crippen LogP contribution in [0.3, 0.4) is 0 Å². The summed E-state index contributed by atoms with van der Waals surface area (Å²) in [6.07, 6.45) is 0.897. The molecule has 1 aromatic heterocycles. The lowest BCUT2D eigenvalue weighted by Gasteiger charge is -2.15. The number of nitro groups is 1. The maximum atomic E-state index is 10.6. The maximum Gasteiger partial charge on any atom is 0.271 e. The Hall–Kier alpha value is -2.08. The Morgan fingerprint density at radius 1 is 1.47 bits per heavy atom. The van der Waals surface area contributed by atoms with Gasteiger partial charge >= 0.3 is 0 Å². The van der Waals surface area contributed by atoms with Crippen molar-refractivity contribution in [1.82, 2.24) is 0 Å². The lowest BCUT2D eigenvalue weighted by Crippen LogP contribution is -2.18. The van der Waals surface area contributed by atoms with E-state index in [1.54, 1.807) is 17.4 Å². The minimum absolute atomic E-state index is 0.00830. The van der Waals surface area contributed by atoms with Gasteiger partial charge in [-0.05, 0) is 24.4 Å². The highest BCUT2D eigenvalue weighted by Gasteiger charge is 2.11. The number of thiophene rings is 1. The largest absolute Gasteiger partial charge is 0.397 e. The molecule has 0 fully saturated rings. The lowest BCUT2D eigenvalue weighted by atomic mass is 10.1. The van der Waals surface area contributed by atoms with Gasteiger partial charge in [-0.2, -0.15) is 0 Å². The van der Waals surface area contributed by atoms with Crippen LogP contribution in [0, 0.1) is 10.1 Å². The van der Waals surface area contributed by atoms with Crippen LogP contribution in [0.5, 0.6) is 0 Å². The molecule has 19 heavy (non-hydrogen) atoms. The van der Waals surface area contributed by atoms with Crippen LogP contribution in [0.2, 0.25) is 0 Å². The topological polar surface area (TPSA) is 81.2 Å². The van der Waals surface area contributed by atoms with E-state index in [0.29, 0.717) is 5.69 Å². The van der Waals surface area contributed by atoms with Crippen molar-refractivity contribution in [3.63, 3.8) is 0 Å². The minimum Gasteiger partial charge on any atom is -0.397 e. The zero-order valence-corrected chi connectivity index (χ0v) is 11.3. The third-order valence-electron chi connectivity index (χ3n) is 2.74. The van der Waals surface area contributed by atoms with E-state index >= 15 is 0 Å². The number of nitro benzene ring substituents is 1. The van der Waals surface area contributed by atoms with Gasteiger partial charge in [-0.25, -0.2) is 0 Å². The first-order chi connectivity index (χ1) is 9.06. The Morgan fingerprint density at radius 3 is 2.84 bits per heavy atom. The van der Waals surface area contributed by atoms with Crippen molar-refractivity contribution < 1.29 is 4.92 Å². The van der Waals surface area contributed by atoms with Gasteiger partial charge in [0.15, 0.2) is 0 Å². The third kappa shape index (κ3) is 3.45. The van der Waals surface area contributed by atoms with Crippen molar-refractivity contribution in [2.24, 2.45) is 0 Å². The molecule has 100 valence electrons. The first-order valence-electron chi connectivity index (χ1n) is 5.89. The van der Waals surface area contributed by atoms with Crippen LogP contribution in [0.1, 0.15) is 11.8 Å². The molecule has 1 unspecified atom stereocenters. The molecular weight excluding hydrogens is 262 g/mol. The smallest absolute Gasteiger partial charge is 0.271 e. The van der Waals surface area contributed by atoms with E-state index < -0.39 is 4.92 Å². The average Bonchev–Trinajstić information content (AvgIpc) is 2.84. The number of non-ortho nitro benzene ring substituents is 1. The average molecular weight is 277 g/mol. The molecule has 0 aliphatic heterocycles. The van der Waals surface area contributed by atoms with Gasteiger partial charge in [0.25, 0.3) is 5.69 Å². The normalized spacial score (nSPS) is 12.1. The molecule has 0 saturated carbocycles. The summed E-state index contributed by atoms with van der Waals surface area (Å²) in [5.74, 6) is 0. The number of hydrogen-bond donors (Lipinski definition) is 2. The number of rotatable bonds is 5. The number of nitrogens with two attached hydrogens (primary N) is 1. The molecule has 1 aromatic carbocycles. The number of anilines is 2. The van der Waals surface area contributed by atoms with E-state index in [0.717, 1.165) is 12.1 Å². The number of hydrogen-bond acceptors (Lipinski definition) is 5. The summed E-state index contributed by atoms with van der Waals surface area (Å²) in [6.45, 7) is 2.06. The van der Waals surface area contributed by atoms with Crippen LogP contribution >= 0.6 is 11.3 Å². The van der Waals surface area contributed by atoms with Gasteiger partial charge in [0.2, 0.25) is 0 Å². The molecule has 1 atom stereocenters. The predicted octanol–water partition coefficient (Wildman–Crippen LogP) is 3.28. The number of nitrogens with zero attached hydrogens (tertiary/aromatic N) is 1. The first-order valence-corrected chi connectivity index (χ1v) is 6.77. The summed E-state index contributed by atoms with van der Waals surface area (Å²) in [7, 11) is 0. The van der Waals surface area contributed by atoms with Gasteiger partial charge in [0, 0.05) is 29.5 Å². The quantitative estimate of drug-likeness (QED) is 0.499. The maximum absolute atomic E-state index is 10.6. The Labute approximate surface area is 115 Å². The Bertz CT molecular complexity index is 569. The molecule has 6 heteroatoms. The summed E-state index contributed by atoms with van der Waals surface area (Å²) in [6, 6.07) is 8.80. The van der Waals surface area contributed by atoms with E-state index in [2.05, 4.69) is 18.3 Å². The van der Waals surface area contributed by atoms with Crippen molar-refractivity contribution in [3.05, 3.63) is 50.7 Å². The van der Waals surface area contributed by atoms with Crippen molar-refractivity contribution in [2.45, 2.75) is 19.4 Å². The third-order valence-corrected chi connectivity index (χ3v) is 3.63. The Balaban J connectivity index is 2.04. The van der Waals surface area contributed by atoms with Crippen molar-refractivity contribution in [1.29, 1.82) is 0 Å². The number of nitrogens with one attached hydrogen (secondary N) is 1. The molecule has 0 aliphatic carbocycles. The molecule has 2 rings (SSSR count). The monoisotopic (exact) mass is 277 g/mol. The van der Waals surface area contributed by atoms with E-state index in [4.69, 9.17) is 5.73 Å². The highest BCUT2D eigenvalue weighted by molar-refractivity contribution is 7.09. The second-order valence-electron chi connectivity index (χ2n) is 4.36. The fourth-order valence-electron chi connectivity index (χ4n) is 1.84. The molecule has 0 spiro atoms. The van der Waals surface area contributed by atoms with Gasteiger partial charge < -0.3 is 11.1 Å². The molecule has 3 N–H and O–H groups in total. The van der Waals surface area contributed by atoms with Gasteiger partial charge in [-0.15, -0.1) is 11.3 Å². The second kappa shape index (κ2) is 5.71. The minimum atomic E-state index is -0.449. The molecule has 0 aliphatic rings. The van der Waals surface area contributed by atoms with Gasteiger partial charge in [-0.1, -0.05) is 6.07 Å². The van der Waals surface area contributed by atoms with Crippen LogP contribution < -0.4 is 11.1 Å². The van der Waals surface area contributed by atoms with Crippen LogP contribution in [-0.2, 0) is 6.42 Å². The van der Waals surface area contributed by atoms with Crippen LogP contribution in [0.4, 0.5) is 17.1 Å². The predicted molar refractivity (Wildman–Crippen MR) is 78.6 cm³/mol. The molecular formula is C13H15N3O2S. The van der Waals surface area contributed by atoms with Crippen molar-refractivity contribution >= 4 is 28.4 Å². The fourth-order valence-corrected chi connectivity index (χ4v) is 2.68. The summed E-state index contributed by atoms with van der Waals surface area (Å²) in [4.78, 5) is 11.5. The van der Waals surface area contributed by atoms with Crippen LogP contribution in [0.25, 0.3) is 0 Å². The second-order valence-corrected chi connectivity index (χ2v) is 5.39. The summed E-state index contributed by atoms with van der Waals surface area (Å²) in [5, 5.41) is 15.9. The number of nitrogen functional groups attached to an aromatic ring is 1. The van der Waals surface area contributed by atoms with E-state index in [1.165, 1.54) is 17.0 Å². The molecule has 0 radical (unpaired) electrons. The highest BCUT2D eigenvalue weighted by atomic mass is 32.1. The number of benzene rings is 1. The SMILES string of the molecule is CC(Cc1cccs1)Nc1ccc([N+](=O)[O-])cc1N. The van der Waals surface area contributed by atoms with Gasteiger partial charge in [-0.3, -0.25) is 10.1 Å². The fraction of sp³-hybridized carbons (Fsp3) is 0.231.